The maximum atomic E-state index is 12.7. The molecule has 0 aliphatic rings. The molecule has 35 heavy (non-hydrogen) atoms. The summed E-state index contributed by atoms with van der Waals surface area (Å²) in [5.74, 6) is -8.37. The first kappa shape index (κ1) is 31.2. The van der Waals surface area contributed by atoms with Gasteiger partial charge >= 0.3 is 17.9 Å². The summed E-state index contributed by atoms with van der Waals surface area (Å²) in [7, 11) is 0. The molecule has 0 radical (unpaired) electrons. The van der Waals surface area contributed by atoms with E-state index in [2.05, 4.69) is 16.0 Å². The lowest BCUT2D eigenvalue weighted by Crippen LogP contribution is -2.58. The van der Waals surface area contributed by atoms with Crippen LogP contribution in [-0.4, -0.2) is 81.0 Å². The number of nitrogens with one attached hydrogen (secondary N) is 3. The first-order valence-corrected chi connectivity index (χ1v) is 10.8. The second-order valence-corrected chi connectivity index (χ2v) is 7.97. The monoisotopic (exact) mass is 503 g/mol. The summed E-state index contributed by atoms with van der Waals surface area (Å²) in [4.78, 5) is 82.2. The van der Waals surface area contributed by atoms with Gasteiger partial charge in [-0.1, -0.05) is 20.3 Å². The van der Waals surface area contributed by atoms with Crippen molar-refractivity contribution in [2.45, 2.75) is 76.5 Å². The van der Waals surface area contributed by atoms with Gasteiger partial charge < -0.3 is 42.7 Å². The summed E-state index contributed by atoms with van der Waals surface area (Å²) < 4.78 is 0. The third-order valence-corrected chi connectivity index (χ3v) is 5.11. The standard InChI is InChI=1S/C20H33N5O10/c1-3-9(2)16(20(34)35)25-18(32)11(5-6-13(22)26)23-19(33)12(8-15(29)30)24-17(31)10(21)4-7-14(27)28/h9-12,16H,3-8,21H2,1-2H3,(H2,22,26)(H,23,33)(H,24,31)(H,25,32)(H,27,28)(H,29,30)(H,34,35). The van der Waals surface area contributed by atoms with E-state index in [1.807, 2.05) is 0 Å². The molecule has 0 aromatic heterocycles. The molecular formula is C20H33N5O10. The van der Waals surface area contributed by atoms with Gasteiger partial charge in [0.15, 0.2) is 0 Å². The van der Waals surface area contributed by atoms with Crippen molar-refractivity contribution in [1.29, 1.82) is 0 Å². The fraction of sp³-hybridized carbons (Fsp3) is 0.650. The minimum atomic E-state index is -1.70. The first-order valence-electron chi connectivity index (χ1n) is 10.8. The van der Waals surface area contributed by atoms with Crippen LogP contribution in [0.3, 0.4) is 0 Å². The topological polar surface area (TPSA) is 268 Å². The lowest BCUT2D eigenvalue weighted by Gasteiger charge is -2.26. The van der Waals surface area contributed by atoms with E-state index in [0.29, 0.717) is 6.42 Å². The Kier molecular flexibility index (Phi) is 13.6. The predicted molar refractivity (Wildman–Crippen MR) is 118 cm³/mol. The van der Waals surface area contributed by atoms with E-state index in [4.69, 9.17) is 21.7 Å². The van der Waals surface area contributed by atoms with Gasteiger partial charge in [-0.15, -0.1) is 0 Å². The first-order chi connectivity index (χ1) is 16.2. The highest BCUT2D eigenvalue weighted by Crippen LogP contribution is 2.10. The van der Waals surface area contributed by atoms with E-state index in [-0.39, 0.29) is 19.3 Å². The number of hydrogen-bond donors (Lipinski definition) is 8. The summed E-state index contributed by atoms with van der Waals surface area (Å²) >= 11 is 0. The molecule has 0 saturated carbocycles. The van der Waals surface area contributed by atoms with Crippen LogP contribution in [0, 0.1) is 5.92 Å². The van der Waals surface area contributed by atoms with Gasteiger partial charge in [0.1, 0.15) is 18.1 Å². The van der Waals surface area contributed by atoms with Crippen molar-refractivity contribution in [3.05, 3.63) is 0 Å². The lowest BCUT2D eigenvalue weighted by atomic mass is 9.98. The molecule has 0 saturated heterocycles. The molecule has 0 aromatic carbocycles. The Bertz CT molecular complexity index is 818. The zero-order valence-electron chi connectivity index (χ0n) is 19.5. The third kappa shape index (κ3) is 12.3. The maximum absolute atomic E-state index is 12.7. The second-order valence-electron chi connectivity index (χ2n) is 7.97. The Balaban J connectivity index is 5.62. The molecule has 0 rings (SSSR count). The van der Waals surface area contributed by atoms with Crippen LogP contribution in [0.4, 0.5) is 0 Å². The number of carboxylic acid groups (broad SMARTS) is 3. The van der Waals surface area contributed by atoms with E-state index < -0.39 is 84.5 Å². The Labute approximate surface area is 201 Å². The minimum Gasteiger partial charge on any atom is -0.481 e. The van der Waals surface area contributed by atoms with Crippen molar-refractivity contribution in [1.82, 2.24) is 16.0 Å². The van der Waals surface area contributed by atoms with Gasteiger partial charge in [0.25, 0.3) is 0 Å². The zero-order valence-corrected chi connectivity index (χ0v) is 19.5. The number of aliphatic carboxylic acids is 3. The van der Waals surface area contributed by atoms with Gasteiger partial charge in [0.05, 0.1) is 12.5 Å². The van der Waals surface area contributed by atoms with Gasteiger partial charge in [-0.3, -0.25) is 28.8 Å². The summed E-state index contributed by atoms with van der Waals surface area (Å²) in [6.07, 6.45) is -1.91. The molecule has 15 heteroatoms. The molecule has 0 aromatic rings. The molecule has 198 valence electrons. The fourth-order valence-electron chi connectivity index (χ4n) is 2.84. The molecule has 0 spiro atoms. The minimum absolute atomic E-state index is 0.279. The number of carboxylic acids is 3. The van der Waals surface area contributed by atoms with Crippen LogP contribution in [0.25, 0.3) is 0 Å². The highest BCUT2D eigenvalue weighted by molar-refractivity contribution is 5.96. The van der Waals surface area contributed by atoms with E-state index in [9.17, 15) is 38.7 Å². The number of rotatable bonds is 17. The Hall–Kier alpha value is -3.75. The smallest absolute Gasteiger partial charge is 0.326 e. The molecule has 4 amide bonds. The van der Waals surface area contributed by atoms with E-state index in [1.165, 1.54) is 0 Å². The second kappa shape index (κ2) is 15.2. The molecule has 5 unspecified atom stereocenters. The SMILES string of the molecule is CCC(C)C(NC(=O)C(CCC(N)=O)NC(=O)C(CC(=O)O)NC(=O)C(N)CCC(=O)O)C(=O)O. The van der Waals surface area contributed by atoms with Crippen LogP contribution >= 0.6 is 0 Å². The zero-order chi connectivity index (χ0) is 27.3. The Morgan fingerprint density at radius 2 is 1.31 bits per heavy atom. The molecule has 5 atom stereocenters. The van der Waals surface area contributed by atoms with Gasteiger partial charge in [0.2, 0.25) is 23.6 Å². The number of amides is 4. The van der Waals surface area contributed by atoms with Crippen molar-refractivity contribution < 1.29 is 48.9 Å². The third-order valence-electron chi connectivity index (χ3n) is 5.11. The molecule has 10 N–H and O–H groups in total. The molecular weight excluding hydrogens is 470 g/mol. The number of primary amides is 1. The van der Waals surface area contributed by atoms with E-state index >= 15 is 0 Å². The Morgan fingerprint density at radius 1 is 0.771 bits per heavy atom. The van der Waals surface area contributed by atoms with Crippen molar-refractivity contribution in [3.63, 3.8) is 0 Å². The van der Waals surface area contributed by atoms with Crippen molar-refractivity contribution >= 4 is 41.5 Å². The summed E-state index contributed by atoms with van der Waals surface area (Å²) in [5, 5.41) is 33.8. The van der Waals surface area contributed by atoms with Crippen LogP contribution in [0.2, 0.25) is 0 Å². The van der Waals surface area contributed by atoms with Crippen LogP contribution in [0.15, 0.2) is 0 Å². The van der Waals surface area contributed by atoms with Crippen LogP contribution in [-0.2, 0) is 33.6 Å². The molecule has 0 fully saturated rings. The number of carbonyl (C=O) groups excluding carboxylic acids is 4. The van der Waals surface area contributed by atoms with Crippen molar-refractivity contribution in [2.75, 3.05) is 0 Å². The highest BCUT2D eigenvalue weighted by Gasteiger charge is 2.32. The predicted octanol–water partition coefficient (Wildman–Crippen LogP) is -2.50. The number of nitrogens with two attached hydrogens (primary N) is 2. The summed E-state index contributed by atoms with van der Waals surface area (Å²) in [6.45, 7) is 3.29. The lowest BCUT2D eigenvalue weighted by molar-refractivity contribution is -0.144. The van der Waals surface area contributed by atoms with Crippen LogP contribution in [0.1, 0.15) is 52.4 Å². The average molecular weight is 504 g/mol. The quantitative estimate of drug-likeness (QED) is 0.103. The number of carbonyl (C=O) groups is 7. The highest BCUT2D eigenvalue weighted by atomic mass is 16.4. The van der Waals surface area contributed by atoms with E-state index in [1.54, 1.807) is 13.8 Å². The molecule has 0 aliphatic carbocycles. The molecule has 0 bridgehead atoms. The van der Waals surface area contributed by atoms with Gasteiger partial charge in [0, 0.05) is 12.8 Å². The molecule has 0 heterocycles. The normalized spacial score (nSPS) is 14.9. The number of hydrogen-bond acceptors (Lipinski definition) is 8. The maximum Gasteiger partial charge on any atom is 0.326 e. The van der Waals surface area contributed by atoms with Gasteiger partial charge in [-0.05, 0) is 18.8 Å². The summed E-state index contributed by atoms with van der Waals surface area (Å²) in [5.41, 5.74) is 10.7. The summed E-state index contributed by atoms with van der Waals surface area (Å²) in [6, 6.07) is -5.84. The average Bonchev–Trinajstić information content (AvgIpc) is 2.76. The largest absolute Gasteiger partial charge is 0.481 e. The van der Waals surface area contributed by atoms with Gasteiger partial charge in [-0.25, -0.2) is 4.79 Å². The van der Waals surface area contributed by atoms with Gasteiger partial charge in [-0.2, -0.15) is 0 Å². The van der Waals surface area contributed by atoms with Crippen molar-refractivity contribution in [3.8, 4) is 0 Å². The van der Waals surface area contributed by atoms with E-state index in [0.717, 1.165) is 0 Å². The van der Waals surface area contributed by atoms with Crippen LogP contribution < -0.4 is 27.4 Å². The molecule has 15 nitrogen and oxygen atoms in total. The Morgan fingerprint density at radius 3 is 1.77 bits per heavy atom. The molecule has 0 aliphatic heterocycles. The van der Waals surface area contributed by atoms with Crippen LogP contribution in [0.5, 0.6) is 0 Å². The fourth-order valence-corrected chi connectivity index (χ4v) is 2.84. The van der Waals surface area contributed by atoms with Crippen molar-refractivity contribution in [2.24, 2.45) is 17.4 Å².